The first-order valence-corrected chi connectivity index (χ1v) is 46.6. The number of unbranched alkanes of at least 4 members (excludes halogenated alkanes) is 3. The average Bonchev–Trinajstić information content (AvgIpc) is 1.07. The minimum absolute atomic E-state index is 0.0774. The highest BCUT2D eigenvalue weighted by Crippen LogP contribution is 2.17. The van der Waals surface area contributed by atoms with E-state index in [9.17, 15) is 67.7 Å². The Labute approximate surface area is 804 Å². The highest BCUT2D eigenvalue weighted by Gasteiger charge is 2.40. The topological polar surface area (TPSA) is 618 Å². The molecular formula is C92H155N17O28. The van der Waals surface area contributed by atoms with E-state index in [1.165, 1.54) is 0 Å². The maximum Gasteiger partial charge on any atom is 0.407 e. The molecule has 13 atom stereocenters. The van der Waals surface area contributed by atoms with E-state index in [0.29, 0.717) is 31.6 Å². The summed E-state index contributed by atoms with van der Waals surface area (Å²) in [5.74, 6) is -11.1. The molecule has 45 heteroatoms. The second kappa shape index (κ2) is 62.4. The fourth-order valence-electron chi connectivity index (χ4n) is 12.7. The maximum absolute atomic E-state index is 15.6. The Hall–Kier alpha value is -11.5. The van der Waals surface area contributed by atoms with E-state index in [0.717, 1.165) is 26.7 Å². The molecule has 1 saturated heterocycles. The molecule has 45 nitrogen and oxygen atoms in total. The molecule has 1 aromatic rings. The van der Waals surface area contributed by atoms with Gasteiger partial charge in [-0.2, -0.15) is 0 Å². The van der Waals surface area contributed by atoms with Gasteiger partial charge in [-0.25, -0.2) is 24.0 Å². The second-order valence-electron chi connectivity index (χ2n) is 38.2. The van der Waals surface area contributed by atoms with Crippen molar-refractivity contribution in [1.29, 1.82) is 0 Å². The molecule has 1 heterocycles. The number of nitrogens with one attached hydrogen (secondary N) is 17. The van der Waals surface area contributed by atoms with Crippen LogP contribution in [0.4, 0.5) is 24.0 Å². The summed E-state index contributed by atoms with van der Waals surface area (Å²) in [5.41, 5.74) is -4.68. The number of ether oxygens (including phenoxy) is 9. The predicted molar refractivity (Wildman–Crippen MR) is 502 cm³/mol. The van der Waals surface area contributed by atoms with Gasteiger partial charge >= 0.3 is 30.5 Å². The number of carbonyl (C=O) groups excluding carboxylic acids is 17. The Morgan fingerprint density at radius 3 is 1.24 bits per heavy atom. The lowest BCUT2D eigenvalue weighted by Gasteiger charge is -2.29. The van der Waals surface area contributed by atoms with Crippen molar-refractivity contribution >= 4 is 101 Å². The fraction of sp³-hybridized carbons (Fsp3) is 0.728. The average molecular weight is 1950 g/mol. The van der Waals surface area contributed by atoms with Crippen LogP contribution in [0.1, 0.15) is 228 Å². The van der Waals surface area contributed by atoms with Crippen molar-refractivity contribution in [2.24, 2.45) is 5.92 Å². The number of benzene rings is 1. The molecule has 1 aromatic carbocycles. The number of alkyl carbamates (subject to hydrolysis) is 5. The fourth-order valence-corrected chi connectivity index (χ4v) is 12.7. The molecule has 137 heavy (non-hydrogen) atoms. The van der Waals surface area contributed by atoms with Crippen LogP contribution in [0.2, 0.25) is 0 Å². The highest BCUT2D eigenvalue weighted by molar-refractivity contribution is 6.00. The van der Waals surface area contributed by atoms with Gasteiger partial charge in [-0.05, 0) is 181 Å². The van der Waals surface area contributed by atoms with Crippen LogP contribution in [0.25, 0.3) is 0 Å². The van der Waals surface area contributed by atoms with Crippen LogP contribution in [0, 0.1) is 18.3 Å². The van der Waals surface area contributed by atoms with Gasteiger partial charge in [-0.3, -0.25) is 57.5 Å². The van der Waals surface area contributed by atoms with Gasteiger partial charge in [0.05, 0.1) is 58.5 Å². The minimum atomic E-state index is -2.07. The molecule has 0 aromatic heterocycles. The summed E-state index contributed by atoms with van der Waals surface area (Å²) in [4.78, 5) is 245. The second-order valence-corrected chi connectivity index (χ2v) is 38.2. The van der Waals surface area contributed by atoms with Crippen molar-refractivity contribution < 1.29 is 134 Å². The van der Waals surface area contributed by atoms with E-state index in [1.807, 2.05) is 6.92 Å². The van der Waals surface area contributed by atoms with Crippen molar-refractivity contribution in [3.05, 3.63) is 35.9 Å². The SMILES string of the molecule is C#CCOCCOCCOCCOCCC(=O)N[C@@H](CCCCCC)C(=O)N[C@@H](CCNC(=O)OC(C)(C)C)C(=O)N[C@H](C(=O)N[C@@H](CCNC(=O)OC(C)(C)C)C(=O)N[C@H]1CCNC(=O)[C@H]([C@@H](C)O)NC(=O)[C@H](CCNC(=O)OC(C)(C)C)NC(=O)[C@H](CCNC(=O)OC(C)(C)C)NC(=O)[C@H](CC(C)C)NC(=O)[C@@H](Cc2ccccc2)NC(=O)[C@H](CCNC(=O)OC(C)(C)C)NC1=O)[C@@H](C)O. The number of amides is 17. The zero-order chi connectivity index (χ0) is 103. The Morgan fingerprint density at radius 1 is 0.431 bits per heavy atom. The lowest BCUT2D eigenvalue weighted by molar-refractivity contribution is -0.137. The first-order valence-electron chi connectivity index (χ1n) is 46.6. The van der Waals surface area contributed by atoms with Crippen molar-refractivity contribution in [2.45, 2.75) is 335 Å². The number of rotatable bonds is 48. The zero-order valence-electron chi connectivity index (χ0n) is 83.4. The standard InChI is InChI=1S/C92H155N17O28/c1-22-24-25-29-32-60(99-69(112)39-47-130-49-51-132-53-52-131-50-48-129-46-23-2)72(113)102-66(38-45-98-87(128)137-92(19,20)21)78(119)109-71(58(6)111)82(123)105-64(36-43-96-85(126)135-90(13,14)15)75(116)100-61-33-40-93-81(122)70(57(5)110)108-77(118)65(37-44-97-86(127)136-91(16,17)18)103-74(115)62(34-41-94-83(124)133-88(7,8)9)104-79(120)67(54-56(3)4)106-80(121)68(55-59-30-27-26-28-31-59)107-76(117)63(101-73(61)114)35-42-95-84(125)134-89(10,11)12/h2,26-28,30-31,56-58,60-68,70-71,110-111H,22,24-25,29,32-55H2,1,3-21H3,(H,93,122)(H,94,124)(H,95,125)(H,96,126)(H,97,127)(H,98,128)(H,99,112)(H,100,116)(H,101,114)(H,102,113)(H,103,115)(H,104,120)(H,105,123)(H,106,121)(H,107,117)(H,108,118)(H,109,119)/t57-,58-,60+,61+,62+,63+,64+,65+,66+,67+,68-,70+,71+/m1/s1. The Balaban J connectivity index is 3.07. The van der Waals surface area contributed by atoms with Gasteiger partial charge in [0.25, 0.3) is 0 Å². The van der Waals surface area contributed by atoms with Crippen molar-refractivity contribution in [3.8, 4) is 12.3 Å². The normalized spacial score (nSPS) is 18.8. The smallest absolute Gasteiger partial charge is 0.407 e. The number of aliphatic hydroxyl groups is 2. The van der Waals surface area contributed by atoms with Crippen LogP contribution in [-0.2, 0) is 107 Å². The molecule has 2 rings (SSSR count). The van der Waals surface area contributed by atoms with E-state index in [2.05, 4.69) is 96.3 Å². The molecule has 0 radical (unpaired) electrons. The molecule has 19 N–H and O–H groups in total. The number of terminal acetylenes is 1. The molecule has 0 bridgehead atoms. The molecule has 1 aliphatic rings. The third kappa shape index (κ3) is 56.1. The number of hydrogen-bond donors (Lipinski definition) is 19. The first-order chi connectivity index (χ1) is 64.0. The minimum Gasteiger partial charge on any atom is -0.444 e. The highest BCUT2D eigenvalue weighted by atomic mass is 16.6. The Kier molecular flexibility index (Phi) is 55.4. The molecule has 0 saturated carbocycles. The quantitative estimate of drug-likeness (QED) is 0.0250. The molecule has 1 aliphatic heterocycles. The summed E-state index contributed by atoms with van der Waals surface area (Å²) >= 11 is 0. The lowest BCUT2D eigenvalue weighted by Crippen LogP contribution is -2.62. The molecular weight excluding hydrogens is 1790 g/mol. The lowest BCUT2D eigenvalue weighted by atomic mass is 10.00. The number of hydrogen-bond acceptors (Lipinski definition) is 28. The molecule has 0 spiro atoms. The van der Waals surface area contributed by atoms with Crippen LogP contribution in [-0.4, -0.2) is 310 Å². The van der Waals surface area contributed by atoms with Crippen molar-refractivity contribution in [2.75, 3.05) is 92.1 Å². The van der Waals surface area contributed by atoms with Crippen LogP contribution in [0.3, 0.4) is 0 Å². The van der Waals surface area contributed by atoms with Gasteiger partial charge in [0.15, 0.2) is 0 Å². The van der Waals surface area contributed by atoms with E-state index in [4.69, 9.17) is 49.1 Å². The largest absolute Gasteiger partial charge is 0.444 e. The number of carbonyl (C=O) groups is 17. The summed E-state index contributed by atoms with van der Waals surface area (Å²) in [7, 11) is 0. The van der Waals surface area contributed by atoms with E-state index >= 15 is 24.0 Å². The Morgan fingerprint density at radius 2 is 0.810 bits per heavy atom. The van der Waals surface area contributed by atoms with Gasteiger partial charge in [0.1, 0.15) is 101 Å². The van der Waals surface area contributed by atoms with Crippen LogP contribution in [0.15, 0.2) is 30.3 Å². The van der Waals surface area contributed by atoms with Gasteiger partial charge in [-0.1, -0.05) is 82.7 Å². The summed E-state index contributed by atoms with van der Waals surface area (Å²) in [6.07, 6.45) is -4.41. The maximum atomic E-state index is 15.6. The monoisotopic (exact) mass is 1950 g/mol. The summed E-state index contributed by atoms with van der Waals surface area (Å²) < 4.78 is 48.8. The summed E-state index contributed by atoms with van der Waals surface area (Å²) in [6.45, 7) is 30.0. The molecule has 17 amide bonds. The van der Waals surface area contributed by atoms with Crippen LogP contribution in [0.5, 0.6) is 0 Å². The van der Waals surface area contributed by atoms with Crippen molar-refractivity contribution in [1.82, 2.24) is 90.4 Å². The number of aliphatic hydroxyl groups excluding tert-OH is 2. The van der Waals surface area contributed by atoms with E-state index < -0.39 is 279 Å². The summed E-state index contributed by atoms with van der Waals surface area (Å²) in [5, 5.41) is 66.2. The molecule has 1 fully saturated rings. The first kappa shape index (κ1) is 122. The van der Waals surface area contributed by atoms with E-state index in [1.54, 1.807) is 148 Å². The molecule has 0 unspecified atom stereocenters. The third-order valence-electron chi connectivity index (χ3n) is 19.2. The Bertz CT molecular complexity index is 4040. The zero-order valence-corrected chi connectivity index (χ0v) is 83.4. The summed E-state index contributed by atoms with van der Waals surface area (Å²) in [6, 6.07) is -11.3. The third-order valence-corrected chi connectivity index (χ3v) is 19.2. The van der Waals surface area contributed by atoms with E-state index in [-0.39, 0.29) is 78.4 Å². The van der Waals surface area contributed by atoms with Gasteiger partial charge in [0, 0.05) is 52.1 Å². The van der Waals surface area contributed by atoms with Crippen LogP contribution >= 0.6 is 0 Å². The van der Waals surface area contributed by atoms with Gasteiger partial charge in [-0.15, -0.1) is 6.42 Å². The van der Waals surface area contributed by atoms with Crippen LogP contribution < -0.4 is 90.4 Å². The van der Waals surface area contributed by atoms with Crippen molar-refractivity contribution in [3.63, 3.8) is 0 Å². The molecule has 776 valence electrons. The van der Waals surface area contributed by atoms with Gasteiger partial charge < -0.3 is 143 Å². The van der Waals surface area contributed by atoms with Gasteiger partial charge in [0.2, 0.25) is 70.9 Å². The molecule has 0 aliphatic carbocycles. The predicted octanol–water partition coefficient (Wildman–Crippen LogP) is 1.52.